The first-order valence-corrected chi connectivity index (χ1v) is 9.22. The third-order valence-electron chi connectivity index (χ3n) is 3.69. The monoisotopic (exact) mass is 374 g/mol. The number of nitro groups is 1. The van der Waals surface area contributed by atoms with Crippen molar-refractivity contribution >= 4 is 21.4 Å². The van der Waals surface area contributed by atoms with E-state index >= 15 is 0 Å². The quantitative estimate of drug-likeness (QED) is 0.436. The fraction of sp³-hybridized carbons (Fsp3) is 0.235. The topological polar surface area (TPSA) is 125 Å². The molecule has 2 rings (SSSR count). The third kappa shape index (κ3) is 4.56. The maximum atomic E-state index is 12.4. The zero-order chi connectivity index (χ0) is 19.3. The van der Waals surface area contributed by atoms with Crippen LogP contribution in [0.5, 0.6) is 0 Å². The normalized spacial score (nSPS) is 11.0. The SMILES string of the molecule is Cc1ccc(C)c(S(=O)(=O)NCCNc2ccc(C#N)cc2[N+](=O)[O-])c1. The molecule has 0 aromatic heterocycles. The fourth-order valence-electron chi connectivity index (χ4n) is 2.36. The summed E-state index contributed by atoms with van der Waals surface area (Å²) < 4.78 is 27.3. The van der Waals surface area contributed by atoms with E-state index in [-0.39, 0.29) is 34.9 Å². The summed E-state index contributed by atoms with van der Waals surface area (Å²) in [4.78, 5) is 10.7. The highest BCUT2D eigenvalue weighted by atomic mass is 32.2. The van der Waals surface area contributed by atoms with Gasteiger partial charge in [0.2, 0.25) is 10.0 Å². The van der Waals surface area contributed by atoms with Crippen molar-refractivity contribution in [1.82, 2.24) is 4.72 Å². The molecule has 0 aliphatic carbocycles. The van der Waals surface area contributed by atoms with E-state index in [1.165, 1.54) is 18.2 Å². The molecule has 0 aliphatic rings. The Labute approximate surface area is 151 Å². The molecular weight excluding hydrogens is 356 g/mol. The lowest BCUT2D eigenvalue weighted by Crippen LogP contribution is -2.29. The van der Waals surface area contributed by atoms with Crippen LogP contribution in [-0.2, 0) is 10.0 Å². The van der Waals surface area contributed by atoms with Gasteiger partial charge < -0.3 is 5.32 Å². The molecule has 0 spiro atoms. The van der Waals surface area contributed by atoms with E-state index < -0.39 is 14.9 Å². The number of benzene rings is 2. The molecule has 0 fully saturated rings. The van der Waals surface area contributed by atoms with Gasteiger partial charge in [0.25, 0.3) is 5.69 Å². The molecule has 0 bridgehead atoms. The molecule has 0 aliphatic heterocycles. The van der Waals surface area contributed by atoms with Gasteiger partial charge in [0.05, 0.1) is 21.5 Å². The van der Waals surface area contributed by atoms with Crippen LogP contribution in [0.2, 0.25) is 0 Å². The molecule has 9 heteroatoms. The summed E-state index contributed by atoms with van der Waals surface area (Å²) in [5, 5.41) is 22.7. The van der Waals surface area contributed by atoms with Crippen molar-refractivity contribution in [3.63, 3.8) is 0 Å². The summed E-state index contributed by atoms with van der Waals surface area (Å²) in [6.45, 7) is 3.72. The Bertz CT molecular complexity index is 981. The summed E-state index contributed by atoms with van der Waals surface area (Å²) in [5.74, 6) is 0. The lowest BCUT2D eigenvalue weighted by atomic mass is 10.2. The zero-order valence-electron chi connectivity index (χ0n) is 14.3. The highest BCUT2D eigenvalue weighted by Crippen LogP contribution is 2.25. The lowest BCUT2D eigenvalue weighted by Gasteiger charge is -2.11. The van der Waals surface area contributed by atoms with Gasteiger partial charge in [-0.2, -0.15) is 5.26 Å². The molecule has 2 aromatic carbocycles. The molecule has 26 heavy (non-hydrogen) atoms. The predicted molar refractivity (Wildman–Crippen MR) is 97.4 cm³/mol. The highest BCUT2D eigenvalue weighted by molar-refractivity contribution is 7.89. The van der Waals surface area contributed by atoms with Crippen LogP contribution >= 0.6 is 0 Å². The molecule has 0 amide bonds. The zero-order valence-corrected chi connectivity index (χ0v) is 15.1. The molecule has 0 radical (unpaired) electrons. The van der Waals surface area contributed by atoms with Crippen molar-refractivity contribution in [3.05, 3.63) is 63.2 Å². The van der Waals surface area contributed by atoms with Gasteiger partial charge in [-0.3, -0.25) is 10.1 Å². The summed E-state index contributed by atoms with van der Waals surface area (Å²) in [7, 11) is -3.67. The second kappa shape index (κ2) is 7.95. The summed E-state index contributed by atoms with van der Waals surface area (Å²) >= 11 is 0. The first-order chi connectivity index (χ1) is 12.2. The van der Waals surface area contributed by atoms with Crippen LogP contribution in [0.25, 0.3) is 0 Å². The molecule has 0 unspecified atom stereocenters. The van der Waals surface area contributed by atoms with Gasteiger partial charge in [-0.25, -0.2) is 13.1 Å². The maximum Gasteiger partial charge on any atom is 0.293 e. The first kappa shape index (κ1) is 19.4. The second-order valence-electron chi connectivity index (χ2n) is 5.69. The fourth-order valence-corrected chi connectivity index (χ4v) is 3.72. The number of nitriles is 1. The molecule has 0 saturated heterocycles. The van der Waals surface area contributed by atoms with Crippen molar-refractivity contribution in [2.45, 2.75) is 18.7 Å². The molecule has 2 N–H and O–H groups in total. The third-order valence-corrected chi connectivity index (χ3v) is 5.29. The van der Waals surface area contributed by atoms with Gasteiger partial charge in [-0.1, -0.05) is 12.1 Å². The molecule has 0 atom stereocenters. The van der Waals surface area contributed by atoms with E-state index in [1.54, 1.807) is 19.1 Å². The number of nitrogens with one attached hydrogen (secondary N) is 2. The van der Waals surface area contributed by atoms with E-state index in [0.29, 0.717) is 5.56 Å². The van der Waals surface area contributed by atoms with Gasteiger partial charge >= 0.3 is 0 Å². The van der Waals surface area contributed by atoms with E-state index in [1.807, 2.05) is 19.1 Å². The molecule has 136 valence electrons. The van der Waals surface area contributed by atoms with Gasteiger partial charge in [0.1, 0.15) is 5.69 Å². The van der Waals surface area contributed by atoms with Crippen molar-refractivity contribution < 1.29 is 13.3 Å². The van der Waals surface area contributed by atoms with E-state index in [9.17, 15) is 18.5 Å². The van der Waals surface area contributed by atoms with Crippen LogP contribution in [0.1, 0.15) is 16.7 Å². The van der Waals surface area contributed by atoms with Gasteiger partial charge in [0.15, 0.2) is 0 Å². The number of sulfonamides is 1. The number of anilines is 1. The number of rotatable bonds is 7. The average Bonchev–Trinajstić information content (AvgIpc) is 2.60. The lowest BCUT2D eigenvalue weighted by molar-refractivity contribution is -0.384. The number of nitrogens with zero attached hydrogens (tertiary/aromatic N) is 2. The Kier molecular flexibility index (Phi) is 5.92. The van der Waals surface area contributed by atoms with Crippen LogP contribution in [0.15, 0.2) is 41.3 Å². The Balaban J connectivity index is 2.04. The molecule has 0 heterocycles. The standard InChI is InChI=1S/C17H18N4O4S/c1-12-3-4-13(2)17(9-12)26(24,25)20-8-7-19-15-6-5-14(11-18)10-16(15)21(22)23/h3-6,9-10,19-20H,7-8H2,1-2H3. The van der Waals surface area contributed by atoms with E-state index in [2.05, 4.69) is 10.0 Å². The van der Waals surface area contributed by atoms with Crippen LogP contribution in [0.3, 0.4) is 0 Å². The van der Waals surface area contributed by atoms with Crippen LogP contribution in [-0.4, -0.2) is 26.4 Å². The molecular formula is C17H18N4O4S. The van der Waals surface area contributed by atoms with Crippen molar-refractivity contribution in [3.8, 4) is 6.07 Å². The van der Waals surface area contributed by atoms with Crippen LogP contribution < -0.4 is 10.0 Å². The van der Waals surface area contributed by atoms with E-state index in [0.717, 1.165) is 5.56 Å². The van der Waals surface area contributed by atoms with Crippen molar-refractivity contribution in [1.29, 1.82) is 5.26 Å². The smallest absolute Gasteiger partial charge is 0.293 e. The number of nitro benzene ring substituents is 1. The van der Waals surface area contributed by atoms with Crippen LogP contribution in [0, 0.1) is 35.3 Å². The largest absolute Gasteiger partial charge is 0.378 e. The molecule has 8 nitrogen and oxygen atoms in total. The minimum atomic E-state index is -3.67. The van der Waals surface area contributed by atoms with Gasteiger partial charge in [0, 0.05) is 19.2 Å². The van der Waals surface area contributed by atoms with Gasteiger partial charge in [-0.05, 0) is 43.2 Å². The number of hydrogen-bond acceptors (Lipinski definition) is 6. The number of aryl methyl sites for hydroxylation is 2. The molecule has 0 saturated carbocycles. The van der Waals surface area contributed by atoms with Gasteiger partial charge in [-0.15, -0.1) is 0 Å². The minimum Gasteiger partial charge on any atom is -0.378 e. The molecule has 2 aromatic rings. The second-order valence-corrected chi connectivity index (χ2v) is 7.43. The number of hydrogen-bond donors (Lipinski definition) is 2. The Morgan fingerprint density at radius 3 is 2.54 bits per heavy atom. The van der Waals surface area contributed by atoms with E-state index in [4.69, 9.17) is 5.26 Å². The van der Waals surface area contributed by atoms with Crippen molar-refractivity contribution in [2.75, 3.05) is 18.4 Å². The Morgan fingerprint density at radius 2 is 1.88 bits per heavy atom. The highest BCUT2D eigenvalue weighted by Gasteiger charge is 2.17. The Morgan fingerprint density at radius 1 is 1.15 bits per heavy atom. The first-order valence-electron chi connectivity index (χ1n) is 7.74. The summed E-state index contributed by atoms with van der Waals surface area (Å²) in [6, 6.07) is 11.1. The Hall–Kier alpha value is -2.96. The minimum absolute atomic E-state index is 0.0485. The average molecular weight is 374 g/mol. The summed E-state index contributed by atoms with van der Waals surface area (Å²) in [6.07, 6.45) is 0. The van der Waals surface area contributed by atoms with Crippen LogP contribution in [0.4, 0.5) is 11.4 Å². The maximum absolute atomic E-state index is 12.4. The predicted octanol–water partition coefficient (Wildman–Crippen LogP) is 2.47. The summed E-state index contributed by atoms with van der Waals surface area (Å²) in [5.41, 5.74) is 1.64. The van der Waals surface area contributed by atoms with Crippen molar-refractivity contribution in [2.24, 2.45) is 0 Å².